The molecular formula is C32H43N5O4S2. The van der Waals surface area contributed by atoms with Gasteiger partial charge in [-0.05, 0) is 61.8 Å². The lowest BCUT2D eigenvalue weighted by Crippen LogP contribution is -2.44. The number of imidazole rings is 1. The number of nitrogens with zero attached hydrogens (tertiary/aromatic N) is 4. The number of morpholine rings is 1. The second-order valence-corrected chi connectivity index (χ2v) is 13.7. The summed E-state index contributed by atoms with van der Waals surface area (Å²) in [4.78, 5) is 9.10. The van der Waals surface area contributed by atoms with Crippen molar-refractivity contribution in [3.05, 3.63) is 71.5 Å². The van der Waals surface area contributed by atoms with Gasteiger partial charge in [0.2, 0.25) is 15.0 Å². The molecule has 1 saturated heterocycles. The largest absolute Gasteiger partial charge is 0.497 e. The van der Waals surface area contributed by atoms with Crippen molar-refractivity contribution in [2.75, 3.05) is 51.8 Å². The monoisotopic (exact) mass is 625 g/mol. The van der Waals surface area contributed by atoms with E-state index in [0.717, 1.165) is 86.8 Å². The van der Waals surface area contributed by atoms with E-state index >= 15 is 0 Å². The van der Waals surface area contributed by atoms with Crippen LogP contribution in [-0.2, 0) is 26.9 Å². The predicted molar refractivity (Wildman–Crippen MR) is 173 cm³/mol. The summed E-state index contributed by atoms with van der Waals surface area (Å²) in [6.07, 6.45) is 6.97. The van der Waals surface area contributed by atoms with Gasteiger partial charge in [0.05, 0.1) is 44.5 Å². The fraction of sp³-hybridized carbons (Fsp3) is 0.500. The second-order valence-electron chi connectivity index (χ2n) is 11.5. The molecule has 5 rings (SSSR count). The molecule has 0 bridgehead atoms. The van der Waals surface area contributed by atoms with E-state index in [9.17, 15) is 8.42 Å². The molecule has 9 nitrogen and oxygen atoms in total. The lowest BCUT2D eigenvalue weighted by molar-refractivity contribution is 0.0357. The van der Waals surface area contributed by atoms with Gasteiger partial charge in [-0.25, -0.2) is 13.4 Å². The van der Waals surface area contributed by atoms with Crippen LogP contribution < -0.4 is 10.1 Å². The molecule has 1 N–H and O–H groups in total. The van der Waals surface area contributed by atoms with E-state index in [4.69, 9.17) is 21.7 Å². The molecule has 1 aliphatic carbocycles. The molecule has 3 aromatic rings. The van der Waals surface area contributed by atoms with Crippen LogP contribution in [0.15, 0.2) is 59.9 Å². The molecule has 0 spiro atoms. The van der Waals surface area contributed by atoms with Crippen LogP contribution in [0, 0.1) is 6.92 Å². The van der Waals surface area contributed by atoms with E-state index < -0.39 is 9.84 Å². The highest BCUT2D eigenvalue weighted by Gasteiger charge is 2.30. The minimum absolute atomic E-state index is 0.0734. The smallest absolute Gasteiger partial charge is 0.228 e. The minimum Gasteiger partial charge on any atom is -0.497 e. The van der Waals surface area contributed by atoms with Gasteiger partial charge in [-0.2, -0.15) is 0 Å². The average Bonchev–Trinajstić information content (AvgIpc) is 3.45. The molecule has 1 saturated carbocycles. The fourth-order valence-electron chi connectivity index (χ4n) is 5.95. The van der Waals surface area contributed by atoms with Crippen molar-refractivity contribution in [1.82, 2.24) is 19.4 Å². The van der Waals surface area contributed by atoms with Crippen LogP contribution in [-0.4, -0.2) is 79.4 Å². The second kappa shape index (κ2) is 14.7. The third-order valence-electron chi connectivity index (χ3n) is 8.27. The van der Waals surface area contributed by atoms with Crippen LogP contribution in [0.5, 0.6) is 5.75 Å². The summed E-state index contributed by atoms with van der Waals surface area (Å²) in [5.74, 6) is 0.701. The van der Waals surface area contributed by atoms with Gasteiger partial charge in [-0.15, -0.1) is 0 Å². The van der Waals surface area contributed by atoms with Gasteiger partial charge < -0.3 is 24.3 Å². The van der Waals surface area contributed by atoms with Gasteiger partial charge >= 0.3 is 0 Å². The van der Waals surface area contributed by atoms with Crippen LogP contribution in [0.2, 0.25) is 0 Å². The first kappa shape index (κ1) is 31.4. The molecule has 0 atom stereocenters. The van der Waals surface area contributed by atoms with Crippen molar-refractivity contribution in [2.24, 2.45) is 0 Å². The predicted octanol–water partition coefficient (Wildman–Crippen LogP) is 5.21. The van der Waals surface area contributed by atoms with E-state index in [0.29, 0.717) is 18.2 Å². The highest BCUT2D eigenvalue weighted by atomic mass is 32.2. The van der Waals surface area contributed by atoms with Gasteiger partial charge in [0.15, 0.2) is 5.11 Å². The highest BCUT2D eigenvalue weighted by molar-refractivity contribution is 7.90. The molecule has 0 radical (unpaired) electrons. The molecule has 1 aliphatic heterocycles. The SMILES string of the molecule is COc1ccc(NC(=S)N(CCN2CCOCC2)Cc2cnc(S(=O)(=O)Cc3cccc(C)c3)n2C2CCCCC2)cc1. The number of hydrogen-bond acceptors (Lipinski definition) is 7. The third-order valence-corrected chi connectivity index (χ3v) is 10.2. The first-order valence-corrected chi connectivity index (χ1v) is 17.2. The van der Waals surface area contributed by atoms with Crippen LogP contribution in [0.3, 0.4) is 0 Å². The Bertz CT molecular complexity index is 1460. The topological polar surface area (TPSA) is 88.9 Å². The number of thiocarbonyl (C=S) groups is 1. The zero-order valence-electron chi connectivity index (χ0n) is 25.2. The van der Waals surface area contributed by atoms with Crippen LogP contribution in [0.25, 0.3) is 0 Å². The molecular weight excluding hydrogens is 583 g/mol. The highest BCUT2D eigenvalue weighted by Crippen LogP contribution is 2.33. The van der Waals surface area contributed by atoms with Crippen LogP contribution in [0.1, 0.15) is 55.0 Å². The van der Waals surface area contributed by atoms with Crippen molar-refractivity contribution < 1.29 is 17.9 Å². The van der Waals surface area contributed by atoms with Crippen molar-refractivity contribution in [3.8, 4) is 5.75 Å². The first-order valence-electron chi connectivity index (χ1n) is 15.2. The zero-order valence-corrected chi connectivity index (χ0v) is 26.8. The quantitative estimate of drug-likeness (QED) is 0.289. The first-order chi connectivity index (χ1) is 20.8. The van der Waals surface area contributed by atoms with E-state index in [1.165, 1.54) is 6.42 Å². The molecule has 1 aromatic heterocycles. The Morgan fingerprint density at radius 3 is 2.56 bits per heavy atom. The number of aromatic nitrogens is 2. The van der Waals surface area contributed by atoms with Gasteiger partial charge in [0.25, 0.3) is 0 Å². The summed E-state index contributed by atoms with van der Waals surface area (Å²) in [5, 5.41) is 4.13. The minimum atomic E-state index is -3.68. The van der Waals surface area contributed by atoms with Crippen molar-refractivity contribution in [1.29, 1.82) is 0 Å². The Morgan fingerprint density at radius 2 is 1.86 bits per heavy atom. The number of nitrogens with one attached hydrogen (secondary N) is 1. The molecule has 0 amide bonds. The molecule has 43 heavy (non-hydrogen) atoms. The van der Waals surface area contributed by atoms with Gasteiger partial charge in [-0.1, -0.05) is 49.1 Å². The number of rotatable bonds is 11. The van der Waals surface area contributed by atoms with Crippen molar-refractivity contribution in [3.63, 3.8) is 0 Å². The Kier molecular flexibility index (Phi) is 10.7. The average molecular weight is 626 g/mol. The number of hydrogen-bond donors (Lipinski definition) is 1. The maximum atomic E-state index is 13.9. The summed E-state index contributed by atoms with van der Waals surface area (Å²) in [6, 6.07) is 15.4. The summed E-state index contributed by atoms with van der Waals surface area (Å²) in [5.41, 5.74) is 3.55. The summed E-state index contributed by atoms with van der Waals surface area (Å²) >= 11 is 5.96. The summed E-state index contributed by atoms with van der Waals surface area (Å²) < 4.78 is 40.6. The van der Waals surface area contributed by atoms with E-state index in [-0.39, 0.29) is 17.0 Å². The van der Waals surface area contributed by atoms with E-state index in [2.05, 4.69) is 20.1 Å². The number of methoxy groups -OCH3 is 1. The lowest BCUT2D eigenvalue weighted by Gasteiger charge is -2.32. The number of sulfone groups is 1. The number of ether oxygens (including phenoxy) is 2. The molecule has 2 aliphatic rings. The maximum Gasteiger partial charge on any atom is 0.228 e. The number of aryl methyl sites for hydroxylation is 1. The molecule has 11 heteroatoms. The van der Waals surface area contributed by atoms with Gasteiger partial charge in [0.1, 0.15) is 5.75 Å². The fourth-order valence-corrected chi connectivity index (χ4v) is 7.75. The molecule has 2 heterocycles. The maximum absolute atomic E-state index is 13.9. The van der Waals surface area contributed by atoms with Gasteiger partial charge in [0, 0.05) is 37.9 Å². The normalized spacial score (nSPS) is 16.6. The molecule has 232 valence electrons. The Morgan fingerprint density at radius 1 is 1.12 bits per heavy atom. The standard InChI is InChI=1S/C32H43N5O4S2/c1-25-7-6-8-26(21-25)24-43(38,39)32-33-22-29(37(32)28-9-4-3-5-10-28)23-36(16-15-35-17-19-41-20-18-35)31(42)34-27-11-13-30(40-2)14-12-27/h6-8,11-14,21-22,28H,3-5,9-10,15-20,23-24H2,1-2H3,(H,34,42). The van der Waals surface area contributed by atoms with E-state index in [1.807, 2.05) is 60.0 Å². The zero-order chi connectivity index (χ0) is 30.2. The summed E-state index contributed by atoms with van der Waals surface area (Å²) in [7, 11) is -2.03. The Balaban J connectivity index is 1.43. The van der Waals surface area contributed by atoms with E-state index in [1.54, 1.807) is 13.3 Å². The van der Waals surface area contributed by atoms with Gasteiger partial charge in [-0.3, -0.25) is 4.90 Å². The Labute approximate surface area is 261 Å². The molecule has 2 aromatic carbocycles. The lowest BCUT2D eigenvalue weighted by atomic mass is 9.95. The summed E-state index contributed by atoms with van der Waals surface area (Å²) in [6.45, 7) is 7.16. The van der Waals surface area contributed by atoms with Crippen LogP contribution >= 0.6 is 12.2 Å². The number of anilines is 1. The van der Waals surface area contributed by atoms with Crippen molar-refractivity contribution in [2.45, 2.75) is 62.5 Å². The third kappa shape index (κ3) is 8.35. The number of benzene rings is 2. The Hall–Kier alpha value is -2.99. The van der Waals surface area contributed by atoms with Crippen LogP contribution in [0.4, 0.5) is 5.69 Å². The molecule has 0 unspecified atom stereocenters. The van der Waals surface area contributed by atoms with Crippen molar-refractivity contribution >= 4 is 32.9 Å². The molecule has 2 fully saturated rings.